The van der Waals surface area contributed by atoms with Crippen LogP contribution in [0.15, 0.2) is 24.5 Å². The number of hydrogen-bond donors (Lipinski definition) is 1. The second kappa shape index (κ2) is 6.05. The van der Waals surface area contributed by atoms with Crippen molar-refractivity contribution in [3.8, 4) is 5.75 Å². The Kier molecular flexibility index (Phi) is 4.39. The Bertz CT molecular complexity index is 576. The van der Waals surface area contributed by atoms with E-state index in [1.807, 2.05) is 43.7 Å². The van der Waals surface area contributed by atoms with Gasteiger partial charge in [0.15, 0.2) is 5.82 Å². The number of benzene rings is 1. The number of aliphatic hydroxyl groups is 1. The number of aromatic nitrogens is 3. The van der Waals surface area contributed by atoms with E-state index >= 15 is 0 Å². The molecule has 1 aromatic carbocycles. The quantitative estimate of drug-likeness (QED) is 0.911. The first-order valence-corrected chi connectivity index (χ1v) is 6.79. The van der Waals surface area contributed by atoms with Crippen molar-refractivity contribution in [2.24, 2.45) is 0 Å². The van der Waals surface area contributed by atoms with Gasteiger partial charge in [0, 0.05) is 11.6 Å². The predicted octanol–water partition coefficient (Wildman–Crippen LogP) is 2.80. The Morgan fingerprint density at radius 2 is 2.05 bits per heavy atom. The van der Waals surface area contributed by atoms with Crippen molar-refractivity contribution in [2.45, 2.75) is 46.4 Å². The molecule has 0 saturated carbocycles. The van der Waals surface area contributed by atoms with Crippen molar-refractivity contribution < 1.29 is 9.84 Å². The van der Waals surface area contributed by atoms with E-state index < -0.39 is 6.10 Å². The summed E-state index contributed by atoms with van der Waals surface area (Å²) in [6.45, 7) is 8.15. The van der Waals surface area contributed by atoms with Gasteiger partial charge < -0.3 is 9.84 Å². The highest BCUT2D eigenvalue weighted by Gasteiger charge is 2.12. The molecule has 1 aromatic heterocycles. The van der Waals surface area contributed by atoms with Crippen LogP contribution in [0.25, 0.3) is 0 Å². The van der Waals surface area contributed by atoms with Gasteiger partial charge >= 0.3 is 0 Å². The molecule has 0 bridgehead atoms. The average molecular weight is 275 g/mol. The molecule has 2 rings (SSSR count). The van der Waals surface area contributed by atoms with Crippen molar-refractivity contribution >= 4 is 0 Å². The van der Waals surface area contributed by atoms with Crippen LogP contribution in [0.2, 0.25) is 0 Å². The fraction of sp³-hybridized carbons (Fsp3) is 0.467. The summed E-state index contributed by atoms with van der Waals surface area (Å²) in [5.41, 5.74) is 1.89. The van der Waals surface area contributed by atoms with E-state index in [1.165, 1.54) is 6.33 Å². The van der Waals surface area contributed by atoms with Gasteiger partial charge in [-0.1, -0.05) is 11.6 Å². The second-order valence-corrected chi connectivity index (χ2v) is 5.22. The topological polar surface area (TPSA) is 60.2 Å². The molecular weight excluding hydrogens is 254 g/mol. The Balaban J connectivity index is 2.17. The third-order valence-corrected chi connectivity index (χ3v) is 3.11. The Hall–Kier alpha value is -1.88. The zero-order valence-electron chi connectivity index (χ0n) is 12.4. The molecule has 5 heteroatoms. The van der Waals surface area contributed by atoms with Crippen molar-refractivity contribution in [2.75, 3.05) is 0 Å². The SMILES string of the molecule is Cc1ccc(OCc2ncnn2C(C)C)c([C@@H](C)O)c1. The van der Waals surface area contributed by atoms with Crippen LogP contribution in [0.1, 0.15) is 49.9 Å². The van der Waals surface area contributed by atoms with E-state index in [2.05, 4.69) is 10.1 Å². The van der Waals surface area contributed by atoms with Crippen LogP contribution in [0.3, 0.4) is 0 Å². The second-order valence-electron chi connectivity index (χ2n) is 5.22. The third-order valence-electron chi connectivity index (χ3n) is 3.11. The molecule has 1 atom stereocenters. The maximum atomic E-state index is 9.82. The first kappa shape index (κ1) is 14.5. The molecule has 108 valence electrons. The summed E-state index contributed by atoms with van der Waals surface area (Å²) in [5, 5.41) is 14.0. The zero-order chi connectivity index (χ0) is 14.7. The summed E-state index contributed by atoms with van der Waals surface area (Å²) >= 11 is 0. The molecule has 0 radical (unpaired) electrons. The molecule has 0 amide bonds. The normalized spacial score (nSPS) is 12.7. The number of rotatable bonds is 5. The lowest BCUT2D eigenvalue weighted by Gasteiger charge is -2.15. The molecule has 0 unspecified atom stereocenters. The van der Waals surface area contributed by atoms with Crippen LogP contribution in [0, 0.1) is 6.92 Å². The van der Waals surface area contributed by atoms with Gasteiger partial charge in [0.2, 0.25) is 0 Å². The van der Waals surface area contributed by atoms with Crippen molar-refractivity contribution in [3.05, 3.63) is 41.5 Å². The van der Waals surface area contributed by atoms with E-state index in [9.17, 15) is 5.11 Å². The Labute approximate surface area is 119 Å². The van der Waals surface area contributed by atoms with Gasteiger partial charge in [-0.3, -0.25) is 0 Å². The van der Waals surface area contributed by atoms with Crippen LogP contribution in [-0.2, 0) is 6.61 Å². The summed E-state index contributed by atoms with van der Waals surface area (Å²) in [6, 6.07) is 6.03. The van der Waals surface area contributed by atoms with Crippen LogP contribution in [-0.4, -0.2) is 19.9 Å². The molecule has 0 fully saturated rings. The zero-order valence-corrected chi connectivity index (χ0v) is 12.4. The fourth-order valence-corrected chi connectivity index (χ4v) is 2.08. The number of aliphatic hydroxyl groups excluding tert-OH is 1. The largest absolute Gasteiger partial charge is 0.485 e. The summed E-state index contributed by atoms with van der Waals surface area (Å²) in [6.07, 6.45) is 0.969. The molecule has 1 N–H and O–H groups in total. The summed E-state index contributed by atoms with van der Waals surface area (Å²) in [5.74, 6) is 1.46. The summed E-state index contributed by atoms with van der Waals surface area (Å²) in [7, 11) is 0. The molecule has 0 aliphatic carbocycles. The maximum absolute atomic E-state index is 9.82. The number of ether oxygens (including phenoxy) is 1. The van der Waals surface area contributed by atoms with Crippen LogP contribution in [0.4, 0.5) is 0 Å². The predicted molar refractivity (Wildman–Crippen MR) is 76.6 cm³/mol. The number of hydrogen-bond acceptors (Lipinski definition) is 4. The third kappa shape index (κ3) is 3.17. The molecule has 20 heavy (non-hydrogen) atoms. The fourth-order valence-electron chi connectivity index (χ4n) is 2.08. The molecule has 0 spiro atoms. The van der Waals surface area contributed by atoms with Gasteiger partial charge in [0.05, 0.1) is 6.10 Å². The average Bonchev–Trinajstić information content (AvgIpc) is 2.85. The minimum Gasteiger partial charge on any atom is -0.485 e. The van der Waals surface area contributed by atoms with Gasteiger partial charge in [-0.25, -0.2) is 9.67 Å². The van der Waals surface area contributed by atoms with E-state index in [4.69, 9.17) is 4.74 Å². The van der Waals surface area contributed by atoms with Gasteiger partial charge in [-0.15, -0.1) is 0 Å². The minimum atomic E-state index is -0.562. The van der Waals surface area contributed by atoms with E-state index in [1.54, 1.807) is 6.92 Å². The standard InChI is InChI=1S/C15H21N3O2/c1-10(2)18-15(16-9-17-18)8-20-14-6-5-11(3)7-13(14)12(4)19/h5-7,9-10,12,19H,8H2,1-4H3/t12-/m1/s1. The lowest BCUT2D eigenvalue weighted by molar-refractivity contribution is 0.188. The van der Waals surface area contributed by atoms with E-state index in [0.29, 0.717) is 12.4 Å². The van der Waals surface area contributed by atoms with E-state index in [-0.39, 0.29) is 6.04 Å². The number of aryl methyl sites for hydroxylation is 1. The Morgan fingerprint density at radius 3 is 2.70 bits per heavy atom. The summed E-state index contributed by atoms with van der Waals surface area (Å²) in [4.78, 5) is 4.21. The monoisotopic (exact) mass is 275 g/mol. The number of nitrogens with zero attached hydrogens (tertiary/aromatic N) is 3. The summed E-state index contributed by atoms with van der Waals surface area (Å²) < 4.78 is 7.63. The highest BCUT2D eigenvalue weighted by molar-refractivity contribution is 5.38. The van der Waals surface area contributed by atoms with Crippen LogP contribution < -0.4 is 4.74 Å². The van der Waals surface area contributed by atoms with Gasteiger partial charge in [0.1, 0.15) is 18.7 Å². The van der Waals surface area contributed by atoms with Crippen LogP contribution >= 0.6 is 0 Å². The Morgan fingerprint density at radius 1 is 1.30 bits per heavy atom. The maximum Gasteiger partial charge on any atom is 0.165 e. The molecule has 0 aliphatic heterocycles. The van der Waals surface area contributed by atoms with Crippen molar-refractivity contribution in [1.29, 1.82) is 0 Å². The smallest absolute Gasteiger partial charge is 0.165 e. The van der Waals surface area contributed by atoms with Crippen LogP contribution in [0.5, 0.6) is 5.75 Å². The minimum absolute atomic E-state index is 0.241. The van der Waals surface area contributed by atoms with Crippen molar-refractivity contribution in [1.82, 2.24) is 14.8 Å². The molecule has 0 aliphatic rings. The molecule has 2 aromatic rings. The lowest BCUT2D eigenvalue weighted by Crippen LogP contribution is -2.11. The molecule has 5 nitrogen and oxygen atoms in total. The molecule has 1 heterocycles. The molecular formula is C15H21N3O2. The molecule has 0 saturated heterocycles. The lowest BCUT2D eigenvalue weighted by atomic mass is 10.1. The first-order valence-electron chi connectivity index (χ1n) is 6.79. The van der Waals surface area contributed by atoms with E-state index in [0.717, 1.165) is 17.0 Å². The highest BCUT2D eigenvalue weighted by Crippen LogP contribution is 2.26. The van der Waals surface area contributed by atoms with Gasteiger partial charge in [0.25, 0.3) is 0 Å². The van der Waals surface area contributed by atoms with Crippen molar-refractivity contribution in [3.63, 3.8) is 0 Å². The van der Waals surface area contributed by atoms with Gasteiger partial charge in [-0.2, -0.15) is 5.10 Å². The van der Waals surface area contributed by atoms with Gasteiger partial charge in [-0.05, 0) is 39.8 Å². The highest BCUT2D eigenvalue weighted by atomic mass is 16.5. The first-order chi connectivity index (χ1) is 9.49.